The van der Waals surface area contributed by atoms with Crippen molar-refractivity contribution in [2.24, 2.45) is 5.92 Å². The van der Waals surface area contributed by atoms with Gasteiger partial charge in [-0.3, -0.25) is 4.90 Å². The van der Waals surface area contributed by atoms with Crippen molar-refractivity contribution in [2.45, 2.75) is 46.1 Å². The summed E-state index contributed by atoms with van der Waals surface area (Å²) in [4.78, 5) is 19.3. The first-order valence-corrected chi connectivity index (χ1v) is 9.99. The van der Waals surface area contributed by atoms with Crippen LogP contribution in [0.15, 0.2) is 24.3 Å². The Kier molecular flexibility index (Phi) is 5.76. The molecule has 0 atom stereocenters. The van der Waals surface area contributed by atoms with Crippen LogP contribution in [-0.4, -0.2) is 60.6 Å². The highest BCUT2D eigenvalue weighted by molar-refractivity contribution is 5.89. The van der Waals surface area contributed by atoms with E-state index in [2.05, 4.69) is 54.9 Å². The topological polar surface area (TPSA) is 38.8 Å². The van der Waals surface area contributed by atoms with Crippen LogP contribution >= 0.6 is 0 Å². The minimum absolute atomic E-state index is 0.0121. The molecule has 0 bridgehead atoms. The van der Waals surface area contributed by atoms with Gasteiger partial charge in [0.25, 0.3) is 0 Å². The summed E-state index contributed by atoms with van der Waals surface area (Å²) in [6, 6.07) is 8.32. The van der Waals surface area contributed by atoms with Gasteiger partial charge in [-0.25, -0.2) is 4.79 Å². The number of carbonyl (C=O) groups excluding carboxylic acids is 1. The number of hydrogen-bond donors (Lipinski definition) is 1. The number of benzene rings is 1. The number of piperidine rings is 1. The molecule has 0 aliphatic carbocycles. The van der Waals surface area contributed by atoms with Gasteiger partial charge < -0.3 is 15.1 Å². The molecule has 1 aromatic carbocycles. The summed E-state index contributed by atoms with van der Waals surface area (Å²) in [6.45, 7) is 14.7. The van der Waals surface area contributed by atoms with Crippen molar-refractivity contribution in [1.82, 2.24) is 9.80 Å². The maximum atomic E-state index is 12.5. The van der Waals surface area contributed by atoms with E-state index in [1.807, 2.05) is 17.0 Å². The van der Waals surface area contributed by atoms with E-state index in [0.29, 0.717) is 0 Å². The lowest BCUT2D eigenvalue weighted by molar-refractivity contribution is 0.0774. The normalized spacial score (nSPS) is 20.3. The SMILES string of the molecule is CC1CCN(c2ccc(NC(=O)N3CCN(C(C)(C)C)CC3)cc2)CC1. The number of nitrogens with one attached hydrogen (secondary N) is 1. The molecule has 2 aliphatic rings. The van der Waals surface area contributed by atoms with Gasteiger partial charge in [0.1, 0.15) is 0 Å². The van der Waals surface area contributed by atoms with Gasteiger partial charge in [-0.2, -0.15) is 0 Å². The van der Waals surface area contributed by atoms with E-state index < -0.39 is 0 Å². The first-order valence-electron chi connectivity index (χ1n) is 9.99. The molecule has 2 amide bonds. The van der Waals surface area contributed by atoms with Crippen molar-refractivity contribution < 1.29 is 4.79 Å². The zero-order chi connectivity index (χ0) is 18.7. The van der Waals surface area contributed by atoms with Crippen molar-refractivity contribution in [3.63, 3.8) is 0 Å². The van der Waals surface area contributed by atoms with Gasteiger partial charge in [-0.15, -0.1) is 0 Å². The van der Waals surface area contributed by atoms with Gasteiger partial charge in [-0.05, 0) is 63.8 Å². The third-order valence-electron chi connectivity index (χ3n) is 5.78. The number of anilines is 2. The minimum atomic E-state index is 0.0121. The van der Waals surface area contributed by atoms with Gasteiger partial charge in [0.05, 0.1) is 0 Å². The van der Waals surface area contributed by atoms with E-state index >= 15 is 0 Å². The molecule has 144 valence electrons. The van der Waals surface area contributed by atoms with Crippen LogP contribution in [0.5, 0.6) is 0 Å². The van der Waals surface area contributed by atoms with Gasteiger partial charge in [0.15, 0.2) is 0 Å². The van der Waals surface area contributed by atoms with E-state index in [0.717, 1.165) is 50.9 Å². The molecule has 2 saturated heterocycles. The molecule has 5 nitrogen and oxygen atoms in total. The zero-order valence-corrected chi connectivity index (χ0v) is 16.8. The summed E-state index contributed by atoms with van der Waals surface area (Å²) in [6.07, 6.45) is 2.53. The fourth-order valence-electron chi connectivity index (χ4n) is 3.81. The van der Waals surface area contributed by atoms with Crippen LogP contribution in [0.1, 0.15) is 40.5 Å². The lowest BCUT2D eigenvalue weighted by atomic mass is 9.99. The van der Waals surface area contributed by atoms with Crippen molar-refractivity contribution in [1.29, 1.82) is 0 Å². The van der Waals surface area contributed by atoms with Crippen LogP contribution < -0.4 is 10.2 Å². The summed E-state index contributed by atoms with van der Waals surface area (Å²) >= 11 is 0. The van der Waals surface area contributed by atoms with E-state index in [9.17, 15) is 4.79 Å². The second kappa shape index (κ2) is 7.87. The van der Waals surface area contributed by atoms with Crippen molar-refractivity contribution in [3.05, 3.63) is 24.3 Å². The predicted molar refractivity (Wildman–Crippen MR) is 109 cm³/mol. The standard InChI is InChI=1S/C21H34N4O/c1-17-9-11-23(12-10-17)19-7-5-18(6-8-19)22-20(26)24-13-15-25(16-14-24)21(2,3)4/h5-8,17H,9-16H2,1-4H3,(H,22,26). The number of nitrogens with zero attached hydrogens (tertiary/aromatic N) is 3. The van der Waals surface area contributed by atoms with Crippen LogP contribution in [0.25, 0.3) is 0 Å². The quantitative estimate of drug-likeness (QED) is 0.872. The highest BCUT2D eigenvalue weighted by atomic mass is 16.2. The Morgan fingerprint density at radius 2 is 1.54 bits per heavy atom. The molecule has 2 fully saturated rings. The Balaban J connectivity index is 1.50. The summed E-state index contributed by atoms with van der Waals surface area (Å²) in [7, 11) is 0. The molecular weight excluding hydrogens is 324 g/mol. The van der Waals surface area contributed by atoms with Crippen LogP contribution in [0.3, 0.4) is 0 Å². The second-order valence-electron chi connectivity index (χ2n) is 8.79. The van der Waals surface area contributed by atoms with Crippen LogP contribution in [0.2, 0.25) is 0 Å². The van der Waals surface area contributed by atoms with Crippen LogP contribution in [-0.2, 0) is 0 Å². The Labute approximate surface area is 158 Å². The molecule has 1 aromatic rings. The van der Waals surface area contributed by atoms with Gasteiger partial charge in [0, 0.05) is 56.2 Å². The Morgan fingerprint density at radius 3 is 2.08 bits per heavy atom. The van der Waals surface area contributed by atoms with E-state index in [-0.39, 0.29) is 11.6 Å². The van der Waals surface area contributed by atoms with Crippen LogP contribution in [0.4, 0.5) is 16.2 Å². The molecular formula is C21H34N4O. The van der Waals surface area contributed by atoms with Gasteiger partial charge in [-0.1, -0.05) is 6.92 Å². The molecule has 0 saturated carbocycles. The average Bonchev–Trinajstić information content (AvgIpc) is 2.62. The Bertz CT molecular complexity index is 591. The van der Waals surface area contributed by atoms with E-state index in [4.69, 9.17) is 0 Å². The molecule has 2 aliphatic heterocycles. The minimum Gasteiger partial charge on any atom is -0.372 e. The summed E-state index contributed by atoms with van der Waals surface area (Å²) in [5.74, 6) is 0.837. The molecule has 0 aromatic heterocycles. The molecule has 1 N–H and O–H groups in total. The molecule has 5 heteroatoms. The first-order chi connectivity index (χ1) is 12.3. The predicted octanol–water partition coefficient (Wildman–Crippen LogP) is 3.87. The second-order valence-corrected chi connectivity index (χ2v) is 8.79. The highest BCUT2D eigenvalue weighted by Crippen LogP contribution is 2.24. The highest BCUT2D eigenvalue weighted by Gasteiger charge is 2.27. The maximum Gasteiger partial charge on any atom is 0.321 e. The smallest absolute Gasteiger partial charge is 0.321 e. The number of amides is 2. The summed E-state index contributed by atoms with van der Waals surface area (Å²) in [5, 5.41) is 3.05. The molecule has 26 heavy (non-hydrogen) atoms. The molecule has 0 radical (unpaired) electrons. The summed E-state index contributed by atoms with van der Waals surface area (Å²) in [5.41, 5.74) is 2.31. The first kappa shape index (κ1) is 19.0. The number of carbonyl (C=O) groups is 1. The number of urea groups is 1. The fraction of sp³-hybridized carbons (Fsp3) is 0.667. The maximum absolute atomic E-state index is 12.5. The molecule has 2 heterocycles. The summed E-state index contributed by atoms with van der Waals surface area (Å²) < 4.78 is 0. The lowest BCUT2D eigenvalue weighted by Crippen LogP contribution is -2.55. The lowest BCUT2D eigenvalue weighted by Gasteiger charge is -2.42. The van der Waals surface area contributed by atoms with Crippen LogP contribution in [0, 0.1) is 5.92 Å². The van der Waals surface area contributed by atoms with E-state index in [1.54, 1.807) is 0 Å². The Morgan fingerprint density at radius 1 is 0.962 bits per heavy atom. The molecule has 3 rings (SSSR count). The number of rotatable bonds is 2. The third-order valence-corrected chi connectivity index (χ3v) is 5.78. The van der Waals surface area contributed by atoms with E-state index in [1.165, 1.54) is 18.5 Å². The molecule has 0 spiro atoms. The van der Waals surface area contributed by atoms with Gasteiger partial charge in [0.2, 0.25) is 0 Å². The fourth-order valence-corrected chi connectivity index (χ4v) is 3.81. The third kappa shape index (κ3) is 4.70. The van der Waals surface area contributed by atoms with Crippen molar-refractivity contribution >= 4 is 17.4 Å². The number of hydrogen-bond acceptors (Lipinski definition) is 3. The number of piperazine rings is 1. The Hall–Kier alpha value is -1.75. The monoisotopic (exact) mass is 358 g/mol. The zero-order valence-electron chi connectivity index (χ0n) is 16.8. The van der Waals surface area contributed by atoms with Crippen molar-refractivity contribution in [2.75, 3.05) is 49.5 Å². The van der Waals surface area contributed by atoms with Gasteiger partial charge >= 0.3 is 6.03 Å². The molecule has 0 unspecified atom stereocenters. The largest absolute Gasteiger partial charge is 0.372 e. The average molecular weight is 359 g/mol. The van der Waals surface area contributed by atoms with Crippen molar-refractivity contribution in [3.8, 4) is 0 Å².